The first-order valence-corrected chi connectivity index (χ1v) is 6.83. The maximum atomic E-state index is 11.4. The van der Waals surface area contributed by atoms with Gasteiger partial charge in [-0.15, -0.1) is 0 Å². The van der Waals surface area contributed by atoms with Crippen molar-refractivity contribution in [3.8, 4) is 0 Å². The van der Waals surface area contributed by atoms with Crippen LogP contribution in [-0.2, 0) is 9.84 Å². The molecule has 0 saturated carbocycles. The molecule has 5 heteroatoms. The first-order valence-electron chi connectivity index (χ1n) is 5.22. The van der Waals surface area contributed by atoms with Crippen molar-refractivity contribution in [3.05, 3.63) is 11.5 Å². The molecule has 0 amide bonds. The van der Waals surface area contributed by atoms with Crippen LogP contribution in [0.4, 0.5) is 0 Å². The highest BCUT2D eigenvalue weighted by Crippen LogP contribution is 2.08. The summed E-state index contributed by atoms with van der Waals surface area (Å²) in [4.78, 5) is 2.04. The topological polar surface area (TPSA) is 57.6 Å². The minimum atomic E-state index is -3.07. The molecule has 1 N–H and O–H groups in total. The molecule has 1 aliphatic rings. The van der Waals surface area contributed by atoms with Crippen LogP contribution in [0.15, 0.2) is 11.5 Å². The summed E-state index contributed by atoms with van der Waals surface area (Å²) in [6.07, 6.45) is 2.19. The van der Waals surface area contributed by atoms with Crippen molar-refractivity contribution < 1.29 is 13.5 Å². The SMILES string of the molecule is CC(C)S(=O)(=O)/C=C/CN1CCC(O)C1. The average molecular weight is 233 g/mol. The van der Waals surface area contributed by atoms with Gasteiger partial charge in [-0.3, -0.25) is 4.90 Å². The fourth-order valence-electron chi connectivity index (χ4n) is 1.46. The zero-order valence-corrected chi connectivity index (χ0v) is 10.1. The number of aliphatic hydroxyl groups is 1. The second-order valence-electron chi connectivity index (χ2n) is 4.21. The number of hydrogen-bond acceptors (Lipinski definition) is 4. The summed E-state index contributed by atoms with van der Waals surface area (Å²) in [5, 5.41) is 10.2. The largest absolute Gasteiger partial charge is 0.392 e. The predicted octanol–water partition coefficient (Wildman–Crippen LogP) is 0.390. The van der Waals surface area contributed by atoms with Crippen LogP contribution < -0.4 is 0 Å². The zero-order chi connectivity index (χ0) is 11.5. The number of likely N-dealkylation sites (tertiary alicyclic amines) is 1. The summed E-state index contributed by atoms with van der Waals surface area (Å²) < 4.78 is 22.8. The molecule has 1 heterocycles. The van der Waals surface area contributed by atoms with Crippen molar-refractivity contribution in [2.75, 3.05) is 19.6 Å². The maximum Gasteiger partial charge on any atom is 0.173 e. The molecule has 0 aliphatic carbocycles. The van der Waals surface area contributed by atoms with Crippen molar-refractivity contribution in [2.45, 2.75) is 31.6 Å². The van der Waals surface area contributed by atoms with Crippen LogP contribution in [0, 0.1) is 0 Å². The normalized spacial score (nSPS) is 24.4. The van der Waals surface area contributed by atoms with Gasteiger partial charge >= 0.3 is 0 Å². The summed E-state index contributed by atoms with van der Waals surface area (Å²) in [5.41, 5.74) is 0. The molecule has 0 spiro atoms. The van der Waals surface area contributed by atoms with Crippen LogP contribution in [-0.4, -0.2) is 49.4 Å². The predicted molar refractivity (Wildman–Crippen MR) is 60.3 cm³/mol. The Balaban J connectivity index is 2.40. The van der Waals surface area contributed by atoms with E-state index in [-0.39, 0.29) is 11.4 Å². The number of nitrogens with zero attached hydrogens (tertiary/aromatic N) is 1. The molecule has 1 rings (SSSR count). The third-order valence-electron chi connectivity index (χ3n) is 2.55. The minimum Gasteiger partial charge on any atom is -0.392 e. The van der Waals surface area contributed by atoms with Gasteiger partial charge in [-0.1, -0.05) is 6.08 Å². The Hall–Kier alpha value is -0.390. The molecular formula is C10H19NO3S. The number of rotatable bonds is 4. The van der Waals surface area contributed by atoms with Gasteiger partial charge in [0.1, 0.15) is 0 Å². The van der Waals surface area contributed by atoms with Crippen molar-refractivity contribution in [2.24, 2.45) is 0 Å². The van der Waals surface area contributed by atoms with E-state index < -0.39 is 9.84 Å². The quantitative estimate of drug-likeness (QED) is 0.763. The van der Waals surface area contributed by atoms with Crippen LogP contribution in [0.3, 0.4) is 0 Å². The molecule has 1 fully saturated rings. The van der Waals surface area contributed by atoms with Gasteiger partial charge in [0, 0.05) is 25.0 Å². The lowest BCUT2D eigenvalue weighted by atomic mass is 10.3. The summed E-state index contributed by atoms with van der Waals surface area (Å²) in [5.74, 6) is 0. The van der Waals surface area contributed by atoms with Crippen molar-refractivity contribution in [1.82, 2.24) is 4.90 Å². The monoisotopic (exact) mass is 233 g/mol. The fourth-order valence-corrected chi connectivity index (χ4v) is 2.13. The van der Waals surface area contributed by atoms with Gasteiger partial charge in [0.05, 0.1) is 11.4 Å². The van der Waals surface area contributed by atoms with Crippen LogP contribution in [0.5, 0.6) is 0 Å². The molecule has 15 heavy (non-hydrogen) atoms. The highest BCUT2D eigenvalue weighted by molar-refractivity contribution is 7.94. The Morgan fingerprint density at radius 1 is 1.53 bits per heavy atom. The minimum absolute atomic E-state index is 0.250. The second kappa shape index (κ2) is 5.09. The first kappa shape index (κ1) is 12.7. The van der Waals surface area contributed by atoms with E-state index in [1.807, 2.05) is 4.90 Å². The van der Waals surface area contributed by atoms with Gasteiger partial charge in [-0.2, -0.15) is 0 Å². The molecule has 0 bridgehead atoms. The summed E-state index contributed by atoms with van der Waals surface area (Å²) in [6.45, 7) is 5.42. The van der Waals surface area contributed by atoms with E-state index in [0.29, 0.717) is 13.1 Å². The van der Waals surface area contributed by atoms with Crippen molar-refractivity contribution in [3.63, 3.8) is 0 Å². The van der Waals surface area contributed by atoms with E-state index in [1.54, 1.807) is 19.9 Å². The molecule has 1 unspecified atom stereocenters. The molecule has 4 nitrogen and oxygen atoms in total. The Labute approximate surface area is 91.5 Å². The van der Waals surface area contributed by atoms with Gasteiger partial charge < -0.3 is 5.11 Å². The number of sulfone groups is 1. The average Bonchev–Trinajstić information content (AvgIpc) is 2.51. The third kappa shape index (κ3) is 3.93. The van der Waals surface area contributed by atoms with E-state index in [4.69, 9.17) is 0 Å². The smallest absolute Gasteiger partial charge is 0.173 e. The van der Waals surface area contributed by atoms with Gasteiger partial charge in [-0.25, -0.2) is 8.42 Å². The van der Waals surface area contributed by atoms with Crippen molar-refractivity contribution >= 4 is 9.84 Å². The zero-order valence-electron chi connectivity index (χ0n) is 9.26. The van der Waals surface area contributed by atoms with E-state index in [9.17, 15) is 13.5 Å². The molecular weight excluding hydrogens is 214 g/mol. The summed E-state index contributed by atoms with van der Waals surface area (Å²) >= 11 is 0. The molecule has 0 aromatic heterocycles. The third-order valence-corrected chi connectivity index (χ3v) is 4.44. The number of aliphatic hydroxyl groups excluding tert-OH is 1. The Bertz CT molecular complexity index is 322. The summed E-state index contributed by atoms with van der Waals surface area (Å²) in [7, 11) is -3.07. The van der Waals surface area contributed by atoms with Crippen molar-refractivity contribution in [1.29, 1.82) is 0 Å². The fraction of sp³-hybridized carbons (Fsp3) is 0.800. The van der Waals surface area contributed by atoms with Crippen LogP contribution >= 0.6 is 0 Å². The van der Waals surface area contributed by atoms with Crippen LogP contribution in [0.2, 0.25) is 0 Å². The molecule has 0 radical (unpaired) electrons. The van der Waals surface area contributed by atoms with Crippen LogP contribution in [0.1, 0.15) is 20.3 Å². The van der Waals surface area contributed by atoms with Gasteiger partial charge in [-0.05, 0) is 20.3 Å². The number of β-amino-alcohol motifs (C(OH)–C–C–N with tert-alkyl or cyclic N) is 1. The van der Waals surface area contributed by atoms with E-state index in [2.05, 4.69) is 0 Å². The molecule has 0 aromatic carbocycles. The van der Waals surface area contributed by atoms with Gasteiger partial charge in [0.25, 0.3) is 0 Å². The standard InChI is InChI=1S/C10H19NO3S/c1-9(2)15(13,14)7-3-5-11-6-4-10(12)8-11/h3,7,9-10,12H,4-6,8H2,1-2H3/b7-3+. The maximum absolute atomic E-state index is 11.4. The van der Waals surface area contributed by atoms with Gasteiger partial charge in [0.2, 0.25) is 0 Å². The molecule has 1 aliphatic heterocycles. The number of hydrogen-bond donors (Lipinski definition) is 1. The molecule has 1 atom stereocenters. The molecule has 88 valence electrons. The lowest BCUT2D eigenvalue weighted by molar-refractivity contribution is 0.179. The van der Waals surface area contributed by atoms with E-state index in [0.717, 1.165) is 13.0 Å². The van der Waals surface area contributed by atoms with E-state index >= 15 is 0 Å². The molecule has 1 saturated heterocycles. The van der Waals surface area contributed by atoms with E-state index in [1.165, 1.54) is 5.41 Å². The highest BCUT2D eigenvalue weighted by atomic mass is 32.2. The first-order chi connectivity index (χ1) is 6.92. The lowest BCUT2D eigenvalue weighted by Gasteiger charge is -2.11. The highest BCUT2D eigenvalue weighted by Gasteiger charge is 2.19. The molecule has 0 aromatic rings. The Kier molecular flexibility index (Phi) is 4.31. The van der Waals surface area contributed by atoms with Gasteiger partial charge in [0.15, 0.2) is 9.84 Å². The second-order valence-corrected chi connectivity index (χ2v) is 6.60. The Morgan fingerprint density at radius 2 is 2.20 bits per heavy atom. The lowest BCUT2D eigenvalue weighted by Crippen LogP contribution is -2.22. The summed E-state index contributed by atoms with van der Waals surface area (Å²) in [6, 6.07) is 0. The van der Waals surface area contributed by atoms with Crippen LogP contribution in [0.25, 0.3) is 0 Å². The Morgan fingerprint density at radius 3 is 2.67 bits per heavy atom.